The van der Waals surface area contributed by atoms with Gasteiger partial charge in [-0.3, -0.25) is 4.79 Å². The van der Waals surface area contributed by atoms with E-state index in [1.165, 1.54) is 4.90 Å². The first kappa shape index (κ1) is 13.6. The summed E-state index contributed by atoms with van der Waals surface area (Å²) in [5.41, 5.74) is 0.834. The monoisotopic (exact) mass is 281 g/mol. The molecular weight excluding hydrogens is 262 g/mol. The van der Waals surface area contributed by atoms with Gasteiger partial charge in [-0.05, 0) is 31.8 Å². The van der Waals surface area contributed by atoms with Gasteiger partial charge in [0.25, 0.3) is 0 Å². The molecule has 20 heavy (non-hydrogen) atoms. The average Bonchev–Trinajstić information content (AvgIpc) is 2.69. The molecule has 5 atom stereocenters. The van der Waals surface area contributed by atoms with Crippen molar-refractivity contribution in [2.45, 2.75) is 44.4 Å². The lowest BCUT2D eigenvalue weighted by Crippen LogP contribution is -2.64. The van der Waals surface area contributed by atoms with E-state index < -0.39 is 18.0 Å². The minimum absolute atomic E-state index is 0.0112. The summed E-state index contributed by atoms with van der Waals surface area (Å²) < 4.78 is 5.42. The Morgan fingerprint density at radius 3 is 2.70 bits per heavy atom. The fraction of sp³-hybridized carbons (Fsp3) is 0.714. The van der Waals surface area contributed by atoms with Crippen molar-refractivity contribution in [3.8, 4) is 0 Å². The molecule has 0 aromatic rings. The Morgan fingerprint density at radius 1 is 1.45 bits per heavy atom. The summed E-state index contributed by atoms with van der Waals surface area (Å²) in [7, 11) is 1.57. The van der Waals surface area contributed by atoms with E-state index in [1.54, 1.807) is 14.0 Å². The maximum Gasteiger partial charge on any atom is 0.352 e. The number of carbonyl (C=O) groups excluding carboxylic acids is 1. The minimum atomic E-state index is -1.08. The number of aliphatic carboxylic acids is 1. The average molecular weight is 281 g/mol. The molecular formula is C14H19NO5. The molecule has 2 fully saturated rings. The molecule has 0 aromatic carbocycles. The molecule has 0 bridgehead atoms. The molecule has 1 aliphatic carbocycles. The summed E-state index contributed by atoms with van der Waals surface area (Å²) in [6.07, 6.45) is 1.61. The van der Waals surface area contributed by atoms with Gasteiger partial charge in [0.05, 0.1) is 24.2 Å². The topological polar surface area (TPSA) is 87.1 Å². The van der Waals surface area contributed by atoms with Crippen LogP contribution in [-0.2, 0) is 14.3 Å². The zero-order valence-corrected chi connectivity index (χ0v) is 11.6. The van der Waals surface area contributed by atoms with E-state index in [0.717, 1.165) is 24.8 Å². The van der Waals surface area contributed by atoms with E-state index in [4.69, 9.17) is 4.74 Å². The predicted octanol–water partition coefficient (Wildman–Crippen LogP) is 0.362. The van der Waals surface area contributed by atoms with Crippen molar-refractivity contribution in [1.82, 2.24) is 4.90 Å². The highest BCUT2D eigenvalue weighted by Gasteiger charge is 2.62. The Balaban J connectivity index is 2.04. The highest BCUT2D eigenvalue weighted by atomic mass is 16.5. The highest BCUT2D eigenvalue weighted by molar-refractivity contribution is 6.00. The lowest BCUT2D eigenvalue weighted by atomic mass is 9.72. The van der Waals surface area contributed by atoms with E-state index in [2.05, 4.69) is 0 Å². The molecule has 0 aromatic heterocycles. The van der Waals surface area contributed by atoms with Gasteiger partial charge >= 0.3 is 5.97 Å². The number of hydrogen-bond donors (Lipinski definition) is 2. The molecule has 110 valence electrons. The molecule has 6 nitrogen and oxygen atoms in total. The van der Waals surface area contributed by atoms with Crippen molar-refractivity contribution >= 4 is 11.9 Å². The van der Waals surface area contributed by atoms with Crippen molar-refractivity contribution in [2.75, 3.05) is 7.11 Å². The number of carbonyl (C=O) groups is 2. The maximum absolute atomic E-state index is 12.2. The van der Waals surface area contributed by atoms with Crippen molar-refractivity contribution in [2.24, 2.45) is 11.8 Å². The molecule has 0 spiro atoms. The van der Waals surface area contributed by atoms with Gasteiger partial charge in [0, 0.05) is 13.0 Å². The lowest BCUT2D eigenvalue weighted by molar-refractivity contribution is -0.163. The van der Waals surface area contributed by atoms with Gasteiger partial charge in [-0.25, -0.2) is 4.79 Å². The highest BCUT2D eigenvalue weighted by Crippen LogP contribution is 2.52. The van der Waals surface area contributed by atoms with Gasteiger partial charge in [-0.15, -0.1) is 0 Å². The number of β-lactam (4-membered cyclic amide) rings is 1. The summed E-state index contributed by atoms with van der Waals surface area (Å²) in [6.45, 7) is 1.59. The number of carboxylic acid groups (broad SMARTS) is 1. The van der Waals surface area contributed by atoms with Crippen LogP contribution in [0, 0.1) is 11.8 Å². The number of aliphatic hydroxyl groups is 1. The van der Waals surface area contributed by atoms with Crippen LogP contribution in [0.25, 0.3) is 0 Å². The van der Waals surface area contributed by atoms with Crippen molar-refractivity contribution in [3.63, 3.8) is 0 Å². The van der Waals surface area contributed by atoms with Crippen LogP contribution < -0.4 is 0 Å². The first-order valence-corrected chi connectivity index (χ1v) is 7.00. The van der Waals surface area contributed by atoms with Crippen LogP contribution in [0.4, 0.5) is 0 Å². The molecule has 1 amide bonds. The number of methoxy groups -OCH3 is 1. The lowest BCUT2D eigenvalue weighted by Gasteiger charge is -2.47. The number of hydrogen-bond acceptors (Lipinski definition) is 4. The number of carboxylic acids is 1. The maximum atomic E-state index is 12.2. The third kappa shape index (κ3) is 1.58. The quantitative estimate of drug-likeness (QED) is 0.729. The third-order valence-corrected chi connectivity index (χ3v) is 4.85. The third-order valence-electron chi connectivity index (χ3n) is 4.85. The smallest absolute Gasteiger partial charge is 0.352 e. The molecule has 3 rings (SSSR count). The van der Waals surface area contributed by atoms with Crippen molar-refractivity contribution in [1.29, 1.82) is 0 Å². The van der Waals surface area contributed by atoms with Crippen molar-refractivity contribution in [3.05, 3.63) is 11.3 Å². The second-order valence-electron chi connectivity index (χ2n) is 5.84. The molecule has 2 heterocycles. The summed E-state index contributed by atoms with van der Waals surface area (Å²) in [6, 6.07) is -0.207. The van der Waals surface area contributed by atoms with Gasteiger partial charge < -0.3 is 19.8 Å². The fourth-order valence-electron chi connectivity index (χ4n) is 4.08. The first-order valence-electron chi connectivity index (χ1n) is 7.00. The van der Waals surface area contributed by atoms with E-state index in [9.17, 15) is 19.8 Å². The normalized spacial score (nSPS) is 37.4. The molecule has 6 heteroatoms. The molecule has 1 saturated carbocycles. The molecule has 0 radical (unpaired) electrons. The number of ether oxygens (including phenoxy) is 1. The Bertz CT molecular complexity index is 498. The summed E-state index contributed by atoms with van der Waals surface area (Å²) in [4.78, 5) is 25.1. The van der Waals surface area contributed by atoms with E-state index in [1.807, 2.05) is 0 Å². The number of amides is 1. The van der Waals surface area contributed by atoms with Crippen LogP contribution in [0.15, 0.2) is 11.3 Å². The van der Waals surface area contributed by atoms with Gasteiger partial charge in [0.2, 0.25) is 5.91 Å². The largest absolute Gasteiger partial charge is 0.477 e. The van der Waals surface area contributed by atoms with Gasteiger partial charge in [-0.2, -0.15) is 0 Å². The fourth-order valence-corrected chi connectivity index (χ4v) is 4.08. The molecule has 2 N–H and O–H groups in total. The number of nitrogens with zero attached hydrogens (tertiary/aromatic N) is 1. The Hall–Kier alpha value is -1.40. The number of fused-ring (bicyclic) bond motifs is 3. The summed E-state index contributed by atoms with van der Waals surface area (Å²) in [5.74, 6) is -1.83. The summed E-state index contributed by atoms with van der Waals surface area (Å²) >= 11 is 0. The van der Waals surface area contributed by atoms with Crippen LogP contribution in [0.2, 0.25) is 0 Å². The zero-order valence-electron chi connectivity index (χ0n) is 11.6. The van der Waals surface area contributed by atoms with E-state index >= 15 is 0 Å². The van der Waals surface area contributed by atoms with Crippen LogP contribution in [-0.4, -0.2) is 52.3 Å². The van der Waals surface area contributed by atoms with Crippen molar-refractivity contribution < 1.29 is 24.5 Å². The van der Waals surface area contributed by atoms with Crippen LogP contribution in [0.5, 0.6) is 0 Å². The summed E-state index contributed by atoms with van der Waals surface area (Å²) in [5, 5.41) is 19.2. The molecule has 2 aliphatic heterocycles. The number of aliphatic hydroxyl groups excluding tert-OH is 1. The standard InChI is InChI=1S/C14H19NO5/c1-6(16)9-11-7-4-3-5-8(20-2)10(7)12(14(18)19)15(11)13(9)17/h6-9,11,16H,3-5H2,1-2H3,(H,18,19)/t6-,7+,8?,9?,11-/m1/s1. The van der Waals surface area contributed by atoms with Crippen LogP contribution in [0.3, 0.4) is 0 Å². The van der Waals surface area contributed by atoms with Gasteiger partial charge in [0.1, 0.15) is 5.70 Å². The Labute approximate surface area is 117 Å². The molecule has 3 aliphatic rings. The Kier molecular flexibility index (Phi) is 3.10. The predicted molar refractivity (Wildman–Crippen MR) is 68.6 cm³/mol. The van der Waals surface area contributed by atoms with E-state index in [-0.39, 0.29) is 29.7 Å². The minimum Gasteiger partial charge on any atom is -0.477 e. The molecule has 2 unspecified atom stereocenters. The van der Waals surface area contributed by atoms with Crippen LogP contribution in [0.1, 0.15) is 26.2 Å². The van der Waals surface area contributed by atoms with E-state index in [0.29, 0.717) is 0 Å². The van der Waals surface area contributed by atoms with Crippen LogP contribution >= 0.6 is 0 Å². The SMILES string of the molecule is COC1CCC[C@H]2C1=C(C(=O)O)N1C(=O)C([C@@H](C)O)[C@@H]21. The number of rotatable bonds is 3. The zero-order chi connectivity index (χ0) is 14.6. The molecule has 1 saturated heterocycles. The second kappa shape index (κ2) is 4.56. The Morgan fingerprint density at radius 2 is 2.15 bits per heavy atom. The van der Waals surface area contributed by atoms with Gasteiger partial charge in [0.15, 0.2) is 0 Å². The first-order chi connectivity index (χ1) is 9.49. The second-order valence-corrected chi connectivity index (χ2v) is 5.84. The van der Waals surface area contributed by atoms with Gasteiger partial charge in [-0.1, -0.05) is 0 Å².